The summed E-state index contributed by atoms with van der Waals surface area (Å²) in [6.45, 7) is 0. The van der Waals surface area contributed by atoms with Gasteiger partial charge in [0.15, 0.2) is 0 Å². The van der Waals surface area contributed by atoms with Gasteiger partial charge in [0.2, 0.25) is 0 Å². The molecule has 0 spiro atoms. The molecule has 5 heterocycles. The number of hydrogen-bond donors (Lipinski definition) is 0. The van der Waals surface area contributed by atoms with Crippen LogP contribution in [0.1, 0.15) is 23.5 Å². The fourth-order valence-electron chi connectivity index (χ4n) is 14.8. The molecule has 0 radical (unpaired) electrons. The van der Waals surface area contributed by atoms with Crippen LogP contribution in [0.2, 0.25) is 0 Å². The molecule has 0 fully saturated rings. The molecule has 2 aliphatic rings. The maximum atomic E-state index is 12.5. The monoisotopic (exact) mass is 1080 g/mol. The predicted molar refractivity (Wildman–Crippen MR) is 353 cm³/mol. The smallest absolute Gasteiger partial charge is 0.104 e. The van der Waals surface area contributed by atoms with Crippen molar-refractivity contribution < 1.29 is 0 Å². The second-order valence-corrected chi connectivity index (χ2v) is 22.6. The van der Waals surface area contributed by atoms with Gasteiger partial charge in [-0.2, -0.15) is 5.26 Å². The van der Waals surface area contributed by atoms with Crippen LogP contribution in [0.15, 0.2) is 291 Å². The van der Waals surface area contributed by atoms with Gasteiger partial charge in [-0.1, -0.05) is 188 Å². The zero-order chi connectivity index (χ0) is 55.9. The number of nitriles is 1. The summed E-state index contributed by atoms with van der Waals surface area (Å²) < 4.78 is 9.77. The van der Waals surface area contributed by atoms with Crippen LogP contribution >= 0.6 is 0 Å². The van der Waals surface area contributed by atoms with Gasteiger partial charge in [-0.05, 0) is 126 Å². The topological polar surface area (TPSA) is 46.8 Å². The third-order valence-corrected chi connectivity index (χ3v) is 18.2. The lowest BCUT2D eigenvalue weighted by Gasteiger charge is -2.25. The molecular weight excluding hydrogens is 1030 g/mol. The van der Waals surface area contributed by atoms with E-state index in [1.165, 1.54) is 27.9 Å². The van der Waals surface area contributed by atoms with E-state index in [0.717, 1.165) is 133 Å². The molecule has 1 aliphatic heterocycles. The second-order valence-electron chi connectivity index (χ2n) is 22.6. The number of aromatic nitrogens is 4. The summed E-state index contributed by atoms with van der Waals surface area (Å²) in [6.07, 6.45) is 7.76. The van der Waals surface area contributed by atoms with Crippen molar-refractivity contribution >= 4 is 98.6 Å². The van der Waals surface area contributed by atoms with Crippen molar-refractivity contribution in [2.75, 3.05) is 4.90 Å². The van der Waals surface area contributed by atoms with Crippen molar-refractivity contribution in [2.24, 2.45) is 0 Å². The lowest BCUT2D eigenvalue weighted by molar-refractivity contribution is 0.821. The van der Waals surface area contributed by atoms with E-state index in [1.807, 2.05) is 0 Å². The Bertz CT molecular complexity index is 5570. The molecule has 4 aromatic heterocycles. The molecule has 396 valence electrons. The van der Waals surface area contributed by atoms with Crippen LogP contribution in [0.3, 0.4) is 0 Å². The third kappa shape index (κ3) is 6.75. The molecule has 6 heteroatoms. The number of hydrogen-bond acceptors (Lipinski definition) is 2. The molecule has 0 bridgehead atoms. The summed E-state index contributed by atoms with van der Waals surface area (Å²) in [5.74, 6) is 0.0750. The minimum atomic E-state index is 0.0750. The van der Waals surface area contributed by atoms with Crippen molar-refractivity contribution in [2.45, 2.75) is 12.3 Å². The van der Waals surface area contributed by atoms with Crippen LogP contribution in [0.25, 0.3) is 132 Å². The first-order chi connectivity index (χ1) is 42.2. The van der Waals surface area contributed by atoms with Crippen LogP contribution < -0.4 is 4.90 Å². The Kier molecular flexibility index (Phi) is 10.2. The van der Waals surface area contributed by atoms with Crippen LogP contribution in [-0.4, -0.2) is 18.3 Å². The average Bonchev–Trinajstić information content (AvgIpc) is 1.56. The number of allylic oxidation sites excluding steroid dienone is 4. The number of anilines is 2. The first kappa shape index (κ1) is 47.3. The minimum Gasteiger partial charge on any atom is -0.313 e. The van der Waals surface area contributed by atoms with Gasteiger partial charge >= 0.3 is 0 Å². The summed E-state index contributed by atoms with van der Waals surface area (Å²) in [7, 11) is 0. The standard InChI is InChI=1S/C79H50N6/c80-49-64-70(84-66-40-19-14-35-58(66)63-47-72-62(48-73(63)84)57-34-13-18-39-65(57)81(72)54-28-7-2-8-29-54)45-53(52-27-23-26-51(44-52)50-24-5-1-6-25-50)46-71(64)85-69-43-22-17-38-61(69)76-78-74(59-36-15-20-41-67(59)82(78)55-30-9-3-10-31-55)77-75(79(76)85)60-37-16-21-42-68(60)83(77)56-32-11-4-12-33-56/h1-35,37-48,59H,36H2. The number of nitrogens with zero attached hydrogens (tertiary/aromatic N) is 6. The van der Waals surface area contributed by atoms with E-state index >= 15 is 0 Å². The van der Waals surface area contributed by atoms with Crippen LogP contribution in [0.5, 0.6) is 0 Å². The van der Waals surface area contributed by atoms with E-state index in [0.29, 0.717) is 5.56 Å². The molecule has 0 amide bonds. The molecule has 18 rings (SSSR count). The quantitative estimate of drug-likeness (QED) is 0.160. The van der Waals surface area contributed by atoms with E-state index in [1.54, 1.807) is 0 Å². The Morgan fingerprint density at radius 2 is 0.824 bits per heavy atom. The Morgan fingerprint density at radius 1 is 0.353 bits per heavy atom. The van der Waals surface area contributed by atoms with E-state index in [-0.39, 0.29) is 5.92 Å². The SMILES string of the molecule is N#Cc1c(-n2c3ccccc3c3cc4c(cc32)c2ccccc2n4-c2ccccc2)cc(-c2cccc(-c3ccccc3)c2)cc1-n1c2ccccc2c2c3c(c4c(c5ccccc5n4-c4ccccc4)c21)C1CC=CC=C1N3c1ccccc1. The lowest BCUT2D eigenvalue weighted by Crippen LogP contribution is -2.14. The molecule has 12 aromatic carbocycles. The molecule has 0 saturated heterocycles. The highest BCUT2D eigenvalue weighted by Crippen LogP contribution is 2.60. The van der Waals surface area contributed by atoms with Gasteiger partial charge in [-0.15, -0.1) is 0 Å². The zero-order valence-electron chi connectivity index (χ0n) is 46.1. The molecule has 1 atom stereocenters. The number of benzene rings is 12. The van der Waals surface area contributed by atoms with E-state index in [9.17, 15) is 5.26 Å². The fraction of sp³-hybridized carbons (Fsp3) is 0.0253. The van der Waals surface area contributed by atoms with Gasteiger partial charge < -0.3 is 23.2 Å². The third-order valence-electron chi connectivity index (χ3n) is 18.2. The highest BCUT2D eigenvalue weighted by molar-refractivity contribution is 6.32. The Morgan fingerprint density at radius 3 is 1.45 bits per heavy atom. The summed E-state index contributed by atoms with van der Waals surface area (Å²) in [4.78, 5) is 2.55. The summed E-state index contributed by atoms with van der Waals surface area (Å²) in [5.41, 5.74) is 22.2. The van der Waals surface area contributed by atoms with Crippen molar-refractivity contribution in [3.8, 4) is 51.1 Å². The molecule has 16 aromatic rings. The van der Waals surface area contributed by atoms with Crippen molar-refractivity contribution in [1.29, 1.82) is 5.26 Å². The van der Waals surface area contributed by atoms with Crippen LogP contribution in [-0.2, 0) is 0 Å². The first-order valence-electron chi connectivity index (χ1n) is 29.3. The molecular formula is C79H50N6. The van der Waals surface area contributed by atoms with E-state index < -0.39 is 0 Å². The lowest BCUT2D eigenvalue weighted by atomic mass is 9.89. The highest BCUT2D eigenvalue weighted by atomic mass is 15.2. The number of para-hydroxylation sites is 7. The van der Waals surface area contributed by atoms with Crippen molar-refractivity contribution in [1.82, 2.24) is 18.3 Å². The van der Waals surface area contributed by atoms with E-state index in [2.05, 4.69) is 314 Å². The Labute approximate surface area is 489 Å². The van der Waals surface area contributed by atoms with Gasteiger partial charge in [-0.25, -0.2) is 0 Å². The summed E-state index contributed by atoms with van der Waals surface area (Å²) in [5, 5.41) is 21.6. The highest BCUT2D eigenvalue weighted by Gasteiger charge is 2.42. The summed E-state index contributed by atoms with van der Waals surface area (Å²) >= 11 is 0. The second kappa shape index (κ2) is 18.3. The van der Waals surface area contributed by atoms with Gasteiger partial charge in [0, 0.05) is 77.3 Å². The number of rotatable bonds is 7. The van der Waals surface area contributed by atoms with Gasteiger partial charge in [0.05, 0.1) is 61.2 Å². The minimum absolute atomic E-state index is 0.0750. The predicted octanol–water partition coefficient (Wildman–Crippen LogP) is 20.4. The maximum Gasteiger partial charge on any atom is 0.104 e. The molecule has 1 aliphatic carbocycles. The average molecular weight is 1080 g/mol. The fourth-order valence-corrected chi connectivity index (χ4v) is 14.8. The van der Waals surface area contributed by atoms with Crippen LogP contribution in [0, 0.1) is 11.3 Å². The Balaban J connectivity index is 1.03. The Hall–Kier alpha value is -11.4. The van der Waals surface area contributed by atoms with Crippen molar-refractivity contribution in [3.05, 3.63) is 302 Å². The molecule has 85 heavy (non-hydrogen) atoms. The maximum absolute atomic E-state index is 12.5. The summed E-state index contributed by atoms with van der Waals surface area (Å²) in [6, 6.07) is 99.6. The first-order valence-corrected chi connectivity index (χ1v) is 29.3. The van der Waals surface area contributed by atoms with Crippen LogP contribution in [0.4, 0.5) is 11.4 Å². The van der Waals surface area contributed by atoms with Crippen molar-refractivity contribution in [3.63, 3.8) is 0 Å². The largest absolute Gasteiger partial charge is 0.313 e. The van der Waals surface area contributed by atoms with Gasteiger partial charge in [0.25, 0.3) is 0 Å². The zero-order valence-corrected chi connectivity index (χ0v) is 46.1. The molecule has 0 N–H and O–H groups in total. The van der Waals surface area contributed by atoms with Gasteiger partial charge in [-0.3, -0.25) is 0 Å². The van der Waals surface area contributed by atoms with E-state index in [4.69, 9.17) is 0 Å². The molecule has 1 unspecified atom stereocenters. The van der Waals surface area contributed by atoms with Gasteiger partial charge in [0.1, 0.15) is 11.6 Å². The molecule has 6 nitrogen and oxygen atoms in total. The normalized spacial score (nSPS) is 13.9. The number of fused-ring (bicyclic) bond motifs is 18. The molecule has 0 saturated carbocycles.